The van der Waals surface area contributed by atoms with Crippen molar-refractivity contribution in [2.24, 2.45) is 0 Å². The Morgan fingerprint density at radius 1 is 1.43 bits per heavy atom. The number of fused-ring (bicyclic) bond motifs is 1. The van der Waals surface area contributed by atoms with Crippen LogP contribution < -0.4 is 5.32 Å². The topological polar surface area (TPSA) is 15.3 Å². The molecule has 2 nitrogen and oxygen atoms in total. The van der Waals surface area contributed by atoms with Crippen molar-refractivity contribution in [3.05, 3.63) is 11.1 Å². The zero-order chi connectivity index (χ0) is 9.97. The van der Waals surface area contributed by atoms with Crippen molar-refractivity contribution in [1.29, 1.82) is 0 Å². The normalized spacial score (nSPS) is 32.9. The number of piperidine rings is 1. The lowest BCUT2D eigenvalue weighted by Gasteiger charge is -2.35. The molecule has 0 aromatic heterocycles. The van der Waals surface area contributed by atoms with Gasteiger partial charge in [-0.05, 0) is 38.8 Å². The van der Waals surface area contributed by atoms with Gasteiger partial charge in [0, 0.05) is 23.1 Å². The quantitative estimate of drug-likeness (QED) is 0.835. The fourth-order valence-electron chi connectivity index (χ4n) is 2.66. The first-order chi connectivity index (χ1) is 6.75. The summed E-state index contributed by atoms with van der Waals surface area (Å²) in [6, 6.07) is 1.58. The third-order valence-electron chi connectivity index (χ3n) is 3.40. The van der Waals surface area contributed by atoms with Gasteiger partial charge >= 0.3 is 0 Å². The zero-order valence-corrected chi connectivity index (χ0v) is 10.2. The number of nitrogens with one attached hydrogen (secondary N) is 1. The fourth-order valence-corrected chi connectivity index (χ4v) is 2.83. The van der Waals surface area contributed by atoms with Crippen LogP contribution in [0.3, 0.4) is 0 Å². The molecule has 0 aromatic rings. The first-order valence-electron chi connectivity index (χ1n) is 5.56. The lowest BCUT2D eigenvalue weighted by molar-refractivity contribution is 0.169. The Labute approximate surface area is 94.9 Å². The molecule has 3 heteroatoms. The van der Waals surface area contributed by atoms with Crippen molar-refractivity contribution in [1.82, 2.24) is 10.2 Å². The maximum absolute atomic E-state index is 3.85. The summed E-state index contributed by atoms with van der Waals surface area (Å²) in [4.78, 5) is 2.65. The Hall–Kier alpha value is 0.140. The number of hydrogen-bond acceptors (Lipinski definition) is 2. The third kappa shape index (κ3) is 2.59. The second-order valence-corrected chi connectivity index (χ2v) is 5.57. The first-order valence-corrected chi connectivity index (χ1v) is 6.35. The lowest BCUT2D eigenvalue weighted by atomic mass is 9.98. The van der Waals surface area contributed by atoms with E-state index in [9.17, 15) is 0 Å². The molecule has 2 rings (SSSR count). The van der Waals surface area contributed by atoms with Crippen molar-refractivity contribution >= 4 is 15.9 Å². The number of halogens is 1. The van der Waals surface area contributed by atoms with E-state index in [1.807, 2.05) is 0 Å². The molecule has 2 fully saturated rings. The smallest absolute Gasteiger partial charge is 0.0268 e. The summed E-state index contributed by atoms with van der Waals surface area (Å²) in [6.45, 7) is 7.39. The summed E-state index contributed by atoms with van der Waals surface area (Å²) >= 11 is 3.39. The van der Waals surface area contributed by atoms with Crippen molar-refractivity contribution in [3.8, 4) is 0 Å². The van der Waals surface area contributed by atoms with E-state index in [0.717, 1.165) is 17.1 Å². The number of rotatable bonds is 3. The highest BCUT2D eigenvalue weighted by atomic mass is 79.9. The van der Waals surface area contributed by atoms with Crippen molar-refractivity contribution in [3.63, 3.8) is 0 Å². The predicted octanol–water partition coefficient (Wildman–Crippen LogP) is 2.11. The predicted molar refractivity (Wildman–Crippen MR) is 63.7 cm³/mol. The van der Waals surface area contributed by atoms with Crippen LogP contribution in [0.2, 0.25) is 0 Å². The van der Waals surface area contributed by atoms with Crippen LogP contribution in [0.5, 0.6) is 0 Å². The molecular weight excluding hydrogens is 240 g/mol. The van der Waals surface area contributed by atoms with Crippen LogP contribution in [-0.4, -0.2) is 36.6 Å². The Morgan fingerprint density at radius 2 is 2.29 bits per heavy atom. The molecule has 0 spiro atoms. The Kier molecular flexibility index (Phi) is 3.63. The largest absolute Gasteiger partial charge is 0.309 e. The molecule has 0 aromatic carbocycles. The fraction of sp³-hybridized carbons (Fsp3) is 0.818. The highest BCUT2D eigenvalue weighted by Gasteiger charge is 2.31. The minimum Gasteiger partial charge on any atom is -0.309 e. The van der Waals surface area contributed by atoms with Crippen LogP contribution in [0, 0.1) is 0 Å². The summed E-state index contributed by atoms with van der Waals surface area (Å²) in [5.41, 5.74) is 0. The summed E-state index contributed by atoms with van der Waals surface area (Å²) in [6.07, 6.45) is 5.45. The molecule has 2 heterocycles. The van der Waals surface area contributed by atoms with Crippen molar-refractivity contribution in [2.75, 3.05) is 19.6 Å². The van der Waals surface area contributed by atoms with E-state index in [4.69, 9.17) is 0 Å². The van der Waals surface area contributed by atoms with Gasteiger partial charge in [0.15, 0.2) is 0 Å². The molecule has 0 radical (unpaired) electrons. The maximum atomic E-state index is 3.85. The Bertz CT molecular complexity index is 217. The molecule has 80 valence electrons. The van der Waals surface area contributed by atoms with E-state index >= 15 is 0 Å². The van der Waals surface area contributed by atoms with Crippen molar-refractivity contribution in [2.45, 2.75) is 37.8 Å². The summed E-state index contributed by atoms with van der Waals surface area (Å²) < 4.78 is 1.06. The van der Waals surface area contributed by atoms with Gasteiger partial charge in [-0.2, -0.15) is 0 Å². The second-order valence-electron chi connectivity index (χ2n) is 4.45. The highest BCUT2D eigenvalue weighted by Crippen LogP contribution is 2.26. The molecule has 0 saturated carbocycles. The minimum absolute atomic E-state index is 0.712. The zero-order valence-electron chi connectivity index (χ0n) is 8.64. The first kappa shape index (κ1) is 10.7. The van der Waals surface area contributed by atoms with Gasteiger partial charge in [-0.3, -0.25) is 0 Å². The van der Waals surface area contributed by atoms with E-state index in [1.54, 1.807) is 0 Å². The molecule has 2 unspecified atom stereocenters. The Morgan fingerprint density at radius 3 is 3.07 bits per heavy atom. The van der Waals surface area contributed by atoms with Crippen LogP contribution >= 0.6 is 15.9 Å². The van der Waals surface area contributed by atoms with Gasteiger partial charge in [0.1, 0.15) is 0 Å². The molecule has 2 aliphatic heterocycles. The summed E-state index contributed by atoms with van der Waals surface area (Å²) in [5, 5.41) is 3.56. The standard InChI is InChI=1S/C11H19BrN2/c1-9(12)8-13-10-4-6-14-5-2-3-11(14)7-10/h10-11,13H,1-8H2. The minimum atomic E-state index is 0.712. The van der Waals surface area contributed by atoms with Gasteiger partial charge in [0.2, 0.25) is 0 Å². The van der Waals surface area contributed by atoms with Crippen molar-refractivity contribution < 1.29 is 0 Å². The molecule has 2 saturated heterocycles. The Balaban J connectivity index is 1.77. The summed E-state index contributed by atoms with van der Waals surface area (Å²) in [7, 11) is 0. The van der Waals surface area contributed by atoms with Gasteiger partial charge in [0.25, 0.3) is 0 Å². The van der Waals surface area contributed by atoms with Gasteiger partial charge < -0.3 is 10.2 Å². The molecule has 2 aliphatic rings. The molecule has 0 amide bonds. The van der Waals surface area contributed by atoms with Crippen LogP contribution in [-0.2, 0) is 0 Å². The van der Waals surface area contributed by atoms with Gasteiger partial charge in [-0.15, -0.1) is 0 Å². The average Bonchev–Trinajstić information content (AvgIpc) is 2.61. The third-order valence-corrected chi connectivity index (χ3v) is 3.68. The lowest BCUT2D eigenvalue weighted by Crippen LogP contribution is -2.45. The monoisotopic (exact) mass is 258 g/mol. The van der Waals surface area contributed by atoms with E-state index < -0.39 is 0 Å². The summed E-state index contributed by atoms with van der Waals surface area (Å²) in [5.74, 6) is 0. The van der Waals surface area contributed by atoms with Crippen LogP contribution in [0.15, 0.2) is 11.1 Å². The van der Waals surface area contributed by atoms with Crippen LogP contribution in [0.1, 0.15) is 25.7 Å². The van der Waals surface area contributed by atoms with E-state index in [2.05, 4.69) is 32.7 Å². The van der Waals surface area contributed by atoms with Gasteiger partial charge in [0.05, 0.1) is 0 Å². The second kappa shape index (κ2) is 4.77. The molecule has 0 aliphatic carbocycles. The number of hydrogen-bond donors (Lipinski definition) is 1. The maximum Gasteiger partial charge on any atom is 0.0268 e. The highest BCUT2D eigenvalue weighted by molar-refractivity contribution is 9.11. The molecular formula is C11H19BrN2. The number of nitrogens with zero attached hydrogens (tertiary/aromatic N) is 1. The molecule has 14 heavy (non-hydrogen) atoms. The SMILES string of the molecule is C=C(Br)CNC1CCN2CCCC2C1. The average molecular weight is 259 g/mol. The van der Waals surface area contributed by atoms with Crippen LogP contribution in [0.25, 0.3) is 0 Å². The molecule has 2 atom stereocenters. The van der Waals surface area contributed by atoms with E-state index in [-0.39, 0.29) is 0 Å². The van der Waals surface area contributed by atoms with E-state index in [0.29, 0.717) is 6.04 Å². The van der Waals surface area contributed by atoms with Crippen LogP contribution in [0.4, 0.5) is 0 Å². The van der Waals surface area contributed by atoms with E-state index in [1.165, 1.54) is 38.8 Å². The van der Waals surface area contributed by atoms with Gasteiger partial charge in [-0.1, -0.05) is 22.5 Å². The molecule has 0 bridgehead atoms. The van der Waals surface area contributed by atoms with Gasteiger partial charge in [-0.25, -0.2) is 0 Å². The molecule has 1 N–H and O–H groups in total.